The van der Waals surface area contributed by atoms with Gasteiger partial charge in [-0.1, -0.05) is 38.1 Å². The number of aryl methyl sites for hydroxylation is 1. The van der Waals surface area contributed by atoms with Gasteiger partial charge in [-0.2, -0.15) is 0 Å². The Morgan fingerprint density at radius 3 is 2.39 bits per heavy atom. The van der Waals surface area contributed by atoms with Crippen LogP contribution in [0.5, 0.6) is 5.75 Å². The molecule has 2 aromatic heterocycles. The molecule has 46 heavy (non-hydrogen) atoms. The summed E-state index contributed by atoms with van der Waals surface area (Å²) in [6.07, 6.45) is 3.68. The Morgan fingerprint density at radius 2 is 1.80 bits per heavy atom. The summed E-state index contributed by atoms with van der Waals surface area (Å²) in [5.74, 6) is -3.13. The van der Waals surface area contributed by atoms with E-state index < -0.39 is 48.8 Å². The number of halogens is 3. The maximum Gasteiger partial charge on any atom is 0.276 e. The van der Waals surface area contributed by atoms with Gasteiger partial charge in [-0.3, -0.25) is 19.1 Å². The number of likely N-dealkylation sites (tertiary alicyclic amines) is 1. The summed E-state index contributed by atoms with van der Waals surface area (Å²) in [5, 5.41) is 10.3. The first-order chi connectivity index (χ1) is 21.6. The second-order valence-electron chi connectivity index (χ2n) is 12.4. The van der Waals surface area contributed by atoms with Gasteiger partial charge in [0.1, 0.15) is 11.6 Å². The van der Waals surface area contributed by atoms with Crippen LogP contribution in [0.4, 0.5) is 14.5 Å². The van der Waals surface area contributed by atoms with E-state index in [1.807, 2.05) is 13.8 Å². The Labute approximate surface area is 269 Å². The maximum absolute atomic E-state index is 17.2. The van der Waals surface area contributed by atoms with E-state index in [1.54, 1.807) is 29.0 Å². The van der Waals surface area contributed by atoms with Crippen LogP contribution in [0, 0.1) is 24.0 Å². The first kappa shape index (κ1) is 31.7. The third-order valence-corrected chi connectivity index (χ3v) is 10.1. The molecule has 0 aliphatic carbocycles. The van der Waals surface area contributed by atoms with Crippen molar-refractivity contribution in [2.24, 2.45) is 5.41 Å². The molecule has 2 fully saturated rings. The van der Waals surface area contributed by atoms with Crippen molar-refractivity contribution in [1.82, 2.24) is 14.5 Å². The van der Waals surface area contributed by atoms with Gasteiger partial charge in [0, 0.05) is 55.0 Å². The molecule has 1 spiro atoms. The highest BCUT2D eigenvalue weighted by Gasteiger charge is 2.54. The molecular weight excluding hydrogens is 638 g/mol. The smallest absolute Gasteiger partial charge is 0.276 e. The minimum Gasteiger partial charge on any atom is -0.507 e. The predicted octanol–water partition coefficient (Wildman–Crippen LogP) is 5.36. The molecule has 2 saturated heterocycles. The highest BCUT2D eigenvalue weighted by molar-refractivity contribution is 7.90. The van der Waals surface area contributed by atoms with E-state index in [0.717, 1.165) is 16.9 Å². The molecule has 1 N–H and O–H groups in total. The van der Waals surface area contributed by atoms with Crippen LogP contribution in [0.25, 0.3) is 27.7 Å². The number of pyridine rings is 2. The molecule has 240 valence electrons. The number of sulfone groups is 1. The molecule has 1 amide bonds. The average molecular weight is 669 g/mol. The lowest BCUT2D eigenvalue weighted by Crippen LogP contribution is -2.73. The minimum absolute atomic E-state index is 0.00765. The Balaban J connectivity index is 1.73. The van der Waals surface area contributed by atoms with Crippen molar-refractivity contribution in [2.75, 3.05) is 37.3 Å². The van der Waals surface area contributed by atoms with Gasteiger partial charge in [-0.25, -0.2) is 17.2 Å². The summed E-state index contributed by atoms with van der Waals surface area (Å²) in [6, 6.07) is 6.41. The molecule has 2 aliphatic heterocycles. The summed E-state index contributed by atoms with van der Waals surface area (Å²) < 4.78 is 60.4. The lowest BCUT2D eigenvalue weighted by atomic mass is 9.72. The van der Waals surface area contributed by atoms with Gasteiger partial charge in [0.25, 0.3) is 5.56 Å². The molecule has 9 nitrogen and oxygen atoms in total. The molecule has 0 radical (unpaired) electrons. The highest BCUT2D eigenvalue weighted by Crippen LogP contribution is 2.49. The molecule has 0 atom stereocenters. The van der Waals surface area contributed by atoms with Gasteiger partial charge >= 0.3 is 0 Å². The average Bonchev–Trinajstić information content (AvgIpc) is 2.92. The van der Waals surface area contributed by atoms with E-state index in [2.05, 4.69) is 11.6 Å². The van der Waals surface area contributed by atoms with Crippen LogP contribution in [0.2, 0.25) is 5.02 Å². The molecule has 13 heteroatoms. The van der Waals surface area contributed by atoms with E-state index in [4.69, 9.17) is 11.6 Å². The number of fused-ring (bicyclic) bond motifs is 1. The standard InChI is InChI=1S/C33H31ClF2N4O5S/c1-6-23(42)38-13-33(14-38)15-39(16-33)30-19-12-20(34)24(25-21(35)8-7-9-22(25)41)26(36)29(19)40(32(43)31(30)46(5,44)45)28-18(4)10-11-37-27(28)17(2)3/h6-12,17,41H,1,13-16H2,2-5H3. The Morgan fingerprint density at radius 1 is 1.13 bits per heavy atom. The van der Waals surface area contributed by atoms with Crippen LogP contribution in [-0.4, -0.2) is 66.3 Å². The van der Waals surface area contributed by atoms with Gasteiger partial charge in [0.2, 0.25) is 5.91 Å². The summed E-state index contributed by atoms with van der Waals surface area (Å²) in [4.78, 5) is 33.9. The maximum atomic E-state index is 17.2. The van der Waals surface area contributed by atoms with Crippen LogP contribution in [-0.2, 0) is 14.6 Å². The van der Waals surface area contributed by atoms with E-state index >= 15 is 8.78 Å². The number of amides is 1. The first-order valence-corrected chi connectivity index (χ1v) is 16.8. The number of hydrogen-bond acceptors (Lipinski definition) is 7. The molecule has 0 bridgehead atoms. The number of anilines is 1. The van der Waals surface area contributed by atoms with Crippen molar-refractivity contribution in [2.45, 2.75) is 31.6 Å². The topological polar surface area (TPSA) is 113 Å². The van der Waals surface area contributed by atoms with E-state index in [0.29, 0.717) is 24.3 Å². The zero-order valence-electron chi connectivity index (χ0n) is 25.6. The zero-order valence-corrected chi connectivity index (χ0v) is 27.1. The molecule has 2 aliphatic rings. The lowest BCUT2D eigenvalue weighted by Gasteiger charge is -2.61. The zero-order chi connectivity index (χ0) is 33.5. The van der Waals surface area contributed by atoms with Crippen molar-refractivity contribution in [1.29, 1.82) is 0 Å². The number of aromatic hydroxyl groups is 1. The van der Waals surface area contributed by atoms with Crippen LogP contribution >= 0.6 is 11.6 Å². The molecule has 6 rings (SSSR count). The summed E-state index contributed by atoms with van der Waals surface area (Å²) >= 11 is 6.67. The van der Waals surface area contributed by atoms with Gasteiger partial charge < -0.3 is 14.9 Å². The number of benzene rings is 2. The van der Waals surface area contributed by atoms with Crippen molar-refractivity contribution in [3.8, 4) is 22.6 Å². The molecule has 0 saturated carbocycles. The minimum atomic E-state index is -4.25. The summed E-state index contributed by atoms with van der Waals surface area (Å²) in [7, 11) is -4.25. The third kappa shape index (κ3) is 4.77. The second-order valence-corrected chi connectivity index (χ2v) is 14.8. The number of phenolic OH excluding ortho intramolecular Hbond substituents is 1. The quantitative estimate of drug-likeness (QED) is 0.275. The van der Waals surface area contributed by atoms with Crippen molar-refractivity contribution in [3.05, 3.63) is 87.5 Å². The molecule has 0 unspecified atom stereocenters. The van der Waals surface area contributed by atoms with Gasteiger partial charge in [0.15, 0.2) is 20.5 Å². The Kier molecular flexibility index (Phi) is 7.51. The van der Waals surface area contributed by atoms with Crippen molar-refractivity contribution >= 4 is 43.9 Å². The molecule has 2 aromatic carbocycles. The number of carbonyl (C=O) groups excluding carboxylic acids is 1. The largest absolute Gasteiger partial charge is 0.507 e. The summed E-state index contributed by atoms with van der Waals surface area (Å²) in [6.45, 7) is 10.3. The Bertz CT molecular complexity index is 2130. The molecule has 4 heterocycles. The van der Waals surface area contributed by atoms with E-state index in [9.17, 15) is 23.1 Å². The fourth-order valence-electron chi connectivity index (χ4n) is 6.74. The van der Waals surface area contributed by atoms with Crippen LogP contribution in [0.3, 0.4) is 0 Å². The Hall–Kier alpha value is -4.29. The lowest BCUT2D eigenvalue weighted by molar-refractivity contribution is -0.139. The van der Waals surface area contributed by atoms with E-state index in [-0.39, 0.29) is 57.6 Å². The number of carbonyl (C=O) groups is 1. The normalized spacial score (nSPS) is 15.7. The summed E-state index contributed by atoms with van der Waals surface area (Å²) in [5.41, 5.74) is -1.61. The van der Waals surface area contributed by atoms with Crippen LogP contribution in [0.1, 0.15) is 31.0 Å². The predicted molar refractivity (Wildman–Crippen MR) is 173 cm³/mol. The van der Waals surface area contributed by atoms with Crippen LogP contribution in [0.15, 0.2) is 58.9 Å². The van der Waals surface area contributed by atoms with E-state index in [1.165, 1.54) is 24.3 Å². The van der Waals surface area contributed by atoms with Crippen LogP contribution < -0.4 is 10.5 Å². The number of nitrogens with zero attached hydrogens (tertiary/aromatic N) is 4. The van der Waals surface area contributed by atoms with Crippen molar-refractivity contribution < 1.29 is 27.1 Å². The number of rotatable bonds is 6. The monoisotopic (exact) mass is 668 g/mol. The highest BCUT2D eigenvalue weighted by atomic mass is 35.5. The van der Waals surface area contributed by atoms with Gasteiger partial charge in [-0.05, 0) is 48.7 Å². The SMILES string of the molecule is C=CC(=O)N1CC2(C1)CN(c1c(S(C)(=O)=O)c(=O)n(-c3c(C)ccnc3C(C)C)c3c(F)c(-c4c(O)cccc4F)c(Cl)cc13)C2. The van der Waals surface area contributed by atoms with Crippen molar-refractivity contribution in [3.63, 3.8) is 0 Å². The number of aromatic nitrogens is 2. The number of hydrogen-bond donors (Lipinski definition) is 1. The molecular formula is C33H31ClF2N4O5S. The second kappa shape index (κ2) is 10.9. The first-order valence-electron chi connectivity index (χ1n) is 14.5. The fourth-order valence-corrected chi connectivity index (χ4v) is 8.03. The van der Waals surface area contributed by atoms with Gasteiger partial charge in [0.05, 0.1) is 33.2 Å². The number of phenols is 1. The fraction of sp³-hybridized carbons (Fsp3) is 0.303. The third-order valence-electron chi connectivity index (χ3n) is 8.73. The molecule has 4 aromatic rings. The van der Waals surface area contributed by atoms with Gasteiger partial charge in [-0.15, -0.1) is 0 Å².